The van der Waals surface area contributed by atoms with Gasteiger partial charge in [0.05, 0.1) is 40.9 Å². The molecule has 0 aliphatic carbocycles. The second kappa shape index (κ2) is 13.4. The number of amides is 2. The number of carbonyl (C=O) groups excluding carboxylic acids is 2. The molecule has 0 radical (unpaired) electrons. The average molecular weight is 456 g/mol. The predicted molar refractivity (Wildman–Crippen MR) is 124 cm³/mol. The lowest BCUT2D eigenvalue weighted by atomic mass is 10.2. The predicted octanol–water partition coefficient (Wildman–Crippen LogP) is 2.49. The first-order chi connectivity index (χ1) is 16.0. The number of nitrogens with one attached hydrogen (secondary N) is 2. The van der Waals surface area contributed by atoms with Crippen molar-refractivity contribution in [1.29, 1.82) is 0 Å². The highest BCUT2D eigenvalue weighted by atomic mass is 16.5. The maximum atomic E-state index is 12.0. The SMILES string of the molecule is COc1cccc(C=NNC(=O)CCCC(=O)NN=Cc2cccc(OC)c2OC)c1OC. The summed E-state index contributed by atoms with van der Waals surface area (Å²) < 4.78 is 21.0. The molecule has 0 aromatic heterocycles. The molecule has 0 heterocycles. The molecular weight excluding hydrogens is 428 g/mol. The zero-order chi connectivity index (χ0) is 24.1. The van der Waals surface area contributed by atoms with Gasteiger partial charge < -0.3 is 18.9 Å². The van der Waals surface area contributed by atoms with Crippen molar-refractivity contribution in [3.8, 4) is 23.0 Å². The van der Waals surface area contributed by atoms with Gasteiger partial charge in [-0.3, -0.25) is 9.59 Å². The smallest absolute Gasteiger partial charge is 0.240 e. The second-order valence-corrected chi connectivity index (χ2v) is 6.61. The van der Waals surface area contributed by atoms with Crippen LogP contribution in [0, 0.1) is 0 Å². The van der Waals surface area contributed by atoms with E-state index in [0.29, 0.717) is 40.5 Å². The zero-order valence-corrected chi connectivity index (χ0v) is 19.1. The minimum atomic E-state index is -0.314. The fraction of sp³-hybridized carbons (Fsp3) is 0.304. The first-order valence-electron chi connectivity index (χ1n) is 10.1. The van der Waals surface area contributed by atoms with E-state index in [-0.39, 0.29) is 24.7 Å². The lowest BCUT2D eigenvalue weighted by Gasteiger charge is -2.09. The number of hydrazone groups is 2. The molecule has 0 bridgehead atoms. The summed E-state index contributed by atoms with van der Waals surface area (Å²) in [7, 11) is 6.13. The van der Waals surface area contributed by atoms with Crippen molar-refractivity contribution < 1.29 is 28.5 Å². The van der Waals surface area contributed by atoms with Crippen LogP contribution in [0.25, 0.3) is 0 Å². The molecule has 176 valence electrons. The summed E-state index contributed by atoms with van der Waals surface area (Å²) in [5.74, 6) is 1.53. The number of para-hydroxylation sites is 2. The second-order valence-electron chi connectivity index (χ2n) is 6.61. The number of hydrogen-bond donors (Lipinski definition) is 2. The van der Waals surface area contributed by atoms with Crippen LogP contribution in [0.15, 0.2) is 46.6 Å². The van der Waals surface area contributed by atoms with Crippen LogP contribution in [-0.2, 0) is 9.59 Å². The van der Waals surface area contributed by atoms with E-state index in [1.165, 1.54) is 40.9 Å². The highest BCUT2D eigenvalue weighted by molar-refractivity contribution is 5.87. The molecule has 0 aliphatic heterocycles. The van der Waals surface area contributed by atoms with E-state index in [2.05, 4.69) is 21.1 Å². The molecule has 0 aliphatic rings. The minimum absolute atomic E-state index is 0.132. The van der Waals surface area contributed by atoms with Crippen LogP contribution in [0.4, 0.5) is 0 Å². The zero-order valence-electron chi connectivity index (χ0n) is 19.1. The summed E-state index contributed by atoms with van der Waals surface area (Å²) in [6.07, 6.45) is 3.54. The topological polar surface area (TPSA) is 120 Å². The molecule has 10 nitrogen and oxygen atoms in total. The molecule has 33 heavy (non-hydrogen) atoms. The van der Waals surface area contributed by atoms with Crippen molar-refractivity contribution in [2.45, 2.75) is 19.3 Å². The Hall–Kier alpha value is -4.08. The number of carbonyl (C=O) groups is 2. The third kappa shape index (κ3) is 7.53. The summed E-state index contributed by atoms with van der Waals surface area (Å²) in [5, 5.41) is 7.86. The summed E-state index contributed by atoms with van der Waals surface area (Å²) >= 11 is 0. The lowest BCUT2D eigenvalue weighted by Crippen LogP contribution is -2.20. The first kappa shape index (κ1) is 25.2. The summed E-state index contributed by atoms with van der Waals surface area (Å²) in [5.41, 5.74) is 6.17. The molecule has 0 saturated heterocycles. The Bertz CT molecular complexity index is 927. The van der Waals surface area contributed by atoms with Crippen LogP contribution in [0.5, 0.6) is 23.0 Å². The van der Waals surface area contributed by atoms with Crippen molar-refractivity contribution in [1.82, 2.24) is 10.9 Å². The molecule has 0 unspecified atom stereocenters. The Morgan fingerprint density at radius 1 is 0.727 bits per heavy atom. The fourth-order valence-corrected chi connectivity index (χ4v) is 2.90. The fourth-order valence-electron chi connectivity index (χ4n) is 2.90. The largest absolute Gasteiger partial charge is 0.493 e. The molecule has 0 fully saturated rings. The lowest BCUT2D eigenvalue weighted by molar-refractivity contribution is -0.122. The third-order valence-electron chi connectivity index (χ3n) is 4.46. The molecule has 2 amide bonds. The van der Waals surface area contributed by atoms with E-state index in [4.69, 9.17) is 18.9 Å². The van der Waals surface area contributed by atoms with Crippen molar-refractivity contribution in [2.75, 3.05) is 28.4 Å². The maximum Gasteiger partial charge on any atom is 0.240 e. The van der Waals surface area contributed by atoms with Gasteiger partial charge in [-0.1, -0.05) is 12.1 Å². The monoisotopic (exact) mass is 456 g/mol. The Balaban J connectivity index is 1.76. The van der Waals surface area contributed by atoms with Crippen LogP contribution in [0.1, 0.15) is 30.4 Å². The van der Waals surface area contributed by atoms with E-state index in [1.807, 2.05) is 0 Å². The summed E-state index contributed by atoms with van der Waals surface area (Å²) in [6, 6.07) is 10.7. The number of ether oxygens (including phenoxy) is 4. The number of methoxy groups -OCH3 is 4. The van der Waals surface area contributed by atoms with Gasteiger partial charge in [0.2, 0.25) is 11.8 Å². The molecule has 0 saturated carbocycles. The summed E-state index contributed by atoms with van der Waals surface area (Å²) in [4.78, 5) is 23.9. The van der Waals surface area contributed by atoms with Gasteiger partial charge in [-0.25, -0.2) is 10.9 Å². The average Bonchev–Trinajstić information content (AvgIpc) is 2.83. The van der Waals surface area contributed by atoms with E-state index in [1.54, 1.807) is 36.4 Å². The number of hydrogen-bond acceptors (Lipinski definition) is 8. The molecule has 2 rings (SSSR count). The van der Waals surface area contributed by atoms with Gasteiger partial charge in [-0.2, -0.15) is 10.2 Å². The normalized spacial score (nSPS) is 10.8. The van der Waals surface area contributed by atoms with E-state index < -0.39 is 0 Å². The minimum Gasteiger partial charge on any atom is -0.493 e. The van der Waals surface area contributed by atoms with Crippen molar-refractivity contribution in [2.24, 2.45) is 10.2 Å². The molecule has 2 aromatic rings. The molecular formula is C23H28N4O6. The highest BCUT2D eigenvalue weighted by Gasteiger charge is 2.09. The quantitative estimate of drug-likeness (QED) is 0.374. The Morgan fingerprint density at radius 2 is 1.15 bits per heavy atom. The van der Waals surface area contributed by atoms with Gasteiger partial charge in [-0.05, 0) is 30.7 Å². The van der Waals surface area contributed by atoms with Crippen molar-refractivity contribution in [3.05, 3.63) is 47.5 Å². The van der Waals surface area contributed by atoms with E-state index in [0.717, 1.165) is 0 Å². The van der Waals surface area contributed by atoms with Gasteiger partial charge in [0.1, 0.15) is 0 Å². The van der Waals surface area contributed by atoms with Crippen LogP contribution < -0.4 is 29.8 Å². The Kier molecular flexibility index (Phi) is 10.2. The number of nitrogens with zero attached hydrogens (tertiary/aromatic N) is 2. The molecule has 0 atom stereocenters. The van der Waals surface area contributed by atoms with Gasteiger partial charge in [-0.15, -0.1) is 0 Å². The molecule has 2 aromatic carbocycles. The van der Waals surface area contributed by atoms with Crippen LogP contribution >= 0.6 is 0 Å². The first-order valence-corrected chi connectivity index (χ1v) is 10.1. The van der Waals surface area contributed by atoms with Crippen LogP contribution in [0.3, 0.4) is 0 Å². The van der Waals surface area contributed by atoms with Crippen molar-refractivity contribution in [3.63, 3.8) is 0 Å². The standard InChI is InChI=1S/C23H28N4O6/c1-30-18-10-5-8-16(22(18)32-3)14-24-26-20(28)12-7-13-21(29)27-25-15-17-9-6-11-19(31-2)23(17)33-4/h5-6,8-11,14-15H,7,12-13H2,1-4H3,(H,26,28)(H,27,29). The van der Waals surface area contributed by atoms with Crippen molar-refractivity contribution >= 4 is 24.2 Å². The van der Waals surface area contributed by atoms with Gasteiger partial charge in [0.15, 0.2) is 23.0 Å². The van der Waals surface area contributed by atoms with E-state index in [9.17, 15) is 9.59 Å². The third-order valence-corrected chi connectivity index (χ3v) is 4.46. The maximum absolute atomic E-state index is 12.0. The van der Waals surface area contributed by atoms with Gasteiger partial charge in [0, 0.05) is 24.0 Å². The number of rotatable bonds is 12. The Labute approximate surface area is 192 Å². The van der Waals surface area contributed by atoms with Gasteiger partial charge in [0.25, 0.3) is 0 Å². The Morgan fingerprint density at radius 3 is 1.52 bits per heavy atom. The molecule has 2 N–H and O–H groups in total. The van der Waals surface area contributed by atoms with Crippen LogP contribution in [-0.4, -0.2) is 52.7 Å². The number of benzene rings is 2. The van der Waals surface area contributed by atoms with Gasteiger partial charge >= 0.3 is 0 Å². The van der Waals surface area contributed by atoms with E-state index >= 15 is 0 Å². The summed E-state index contributed by atoms with van der Waals surface area (Å²) in [6.45, 7) is 0. The molecule has 0 spiro atoms. The van der Waals surface area contributed by atoms with Crippen LogP contribution in [0.2, 0.25) is 0 Å². The highest BCUT2D eigenvalue weighted by Crippen LogP contribution is 2.30. The molecule has 10 heteroatoms.